The minimum atomic E-state index is -0.159. The fourth-order valence-corrected chi connectivity index (χ4v) is 3.09. The first-order chi connectivity index (χ1) is 12.1. The molecule has 3 aliphatic rings. The van der Waals surface area contributed by atoms with E-state index >= 15 is 0 Å². The summed E-state index contributed by atoms with van der Waals surface area (Å²) in [5.74, 6) is 0.170. The average molecular weight is 342 g/mol. The zero-order valence-electron chi connectivity index (χ0n) is 14.6. The van der Waals surface area contributed by atoms with Gasteiger partial charge in [0.05, 0.1) is 5.56 Å². The molecule has 1 aromatic rings. The van der Waals surface area contributed by atoms with E-state index in [-0.39, 0.29) is 17.3 Å². The normalized spacial score (nSPS) is 18.8. The molecule has 25 heavy (non-hydrogen) atoms. The lowest BCUT2D eigenvalue weighted by Crippen LogP contribution is -2.31. The molecule has 3 heterocycles. The van der Waals surface area contributed by atoms with Gasteiger partial charge in [0, 0.05) is 32.7 Å². The van der Waals surface area contributed by atoms with E-state index in [1.54, 1.807) is 0 Å². The van der Waals surface area contributed by atoms with Gasteiger partial charge in [-0.3, -0.25) is 9.59 Å². The maximum atomic E-state index is 13.1. The highest BCUT2D eigenvalue weighted by atomic mass is 16.1. The van der Waals surface area contributed by atoms with Crippen LogP contribution >= 0.6 is 0 Å². The maximum absolute atomic E-state index is 13.1. The molecule has 2 aliphatic heterocycles. The van der Waals surface area contributed by atoms with Gasteiger partial charge < -0.3 is 20.0 Å². The SMILES string of the molecule is CN(C)CCCNc1ncnc2c1C(=O)C(N1CC1)=C(N1CC1)C2=O. The summed E-state index contributed by atoms with van der Waals surface area (Å²) in [5.41, 5.74) is 1.60. The number of nitrogens with one attached hydrogen (secondary N) is 1. The van der Waals surface area contributed by atoms with Crippen molar-refractivity contribution in [2.24, 2.45) is 0 Å². The summed E-state index contributed by atoms with van der Waals surface area (Å²) in [6.45, 7) is 4.90. The molecular formula is C17H22N6O2. The van der Waals surface area contributed by atoms with Crippen LogP contribution in [0.3, 0.4) is 0 Å². The van der Waals surface area contributed by atoms with Crippen LogP contribution in [0.25, 0.3) is 0 Å². The zero-order chi connectivity index (χ0) is 17.6. The van der Waals surface area contributed by atoms with Crippen LogP contribution in [0.5, 0.6) is 0 Å². The highest BCUT2D eigenvalue weighted by Crippen LogP contribution is 2.36. The van der Waals surface area contributed by atoms with Crippen LogP contribution < -0.4 is 5.32 Å². The highest BCUT2D eigenvalue weighted by Gasteiger charge is 2.44. The van der Waals surface area contributed by atoms with Crippen molar-refractivity contribution in [3.8, 4) is 0 Å². The lowest BCUT2D eigenvalue weighted by Gasteiger charge is -2.23. The molecule has 0 atom stereocenters. The van der Waals surface area contributed by atoms with Gasteiger partial charge in [-0.05, 0) is 27.1 Å². The Kier molecular flexibility index (Phi) is 3.91. The second-order valence-corrected chi connectivity index (χ2v) is 6.86. The van der Waals surface area contributed by atoms with E-state index in [1.165, 1.54) is 6.33 Å². The number of fused-ring (bicyclic) bond motifs is 1. The van der Waals surface area contributed by atoms with E-state index in [0.717, 1.165) is 39.1 Å². The average Bonchev–Trinajstić information content (AvgIpc) is 3.46. The van der Waals surface area contributed by atoms with E-state index in [0.29, 0.717) is 29.3 Å². The predicted octanol–water partition coefficient (Wildman–Crippen LogP) is 0.0620. The number of Topliss-reactive ketones (excluding diaryl/α,β-unsaturated/α-hetero) is 2. The van der Waals surface area contributed by atoms with Crippen molar-refractivity contribution in [3.05, 3.63) is 29.0 Å². The summed E-state index contributed by atoms with van der Waals surface area (Å²) in [6, 6.07) is 0. The summed E-state index contributed by atoms with van der Waals surface area (Å²) < 4.78 is 0. The largest absolute Gasteiger partial charge is 0.369 e. The van der Waals surface area contributed by atoms with Crippen molar-refractivity contribution in [3.63, 3.8) is 0 Å². The molecule has 0 bridgehead atoms. The Morgan fingerprint density at radius 1 is 1.04 bits per heavy atom. The van der Waals surface area contributed by atoms with Crippen molar-refractivity contribution < 1.29 is 9.59 Å². The number of ketones is 2. The number of hydrogen-bond acceptors (Lipinski definition) is 8. The van der Waals surface area contributed by atoms with E-state index in [1.807, 2.05) is 23.9 Å². The first-order valence-electron chi connectivity index (χ1n) is 8.65. The number of anilines is 1. The van der Waals surface area contributed by atoms with E-state index in [2.05, 4.69) is 20.2 Å². The number of allylic oxidation sites excluding steroid dienone is 2. The minimum Gasteiger partial charge on any atom is -0.369 e. The standard InChI is InChI=1S/C17H22N6O2/c1-21(2)5-3-4-18-17-11-12(19-10-20-17)16(25)14(23-8-9-23)13(15(11)24)22-6-7-22/h10H,3-9H2,1-2H3,(H,18,19,20). The second kappa shape index (κ2) is 6.11. The van der Waals surface area contributed by atoms with Gasteiger partial charge in [0.2, 0.25) is 11.6 Å². The molecule has 0 amide bonds. The van der Waals surface area contributed by atoms with Crippen LogP contribution in [0.15, 0.2) is 17.7 Å². The van der Waals surface area contributed by atoms with Crippen LogP contribution in [-0.2, 0) is 0 Å². The van der Waals surface area contributed by atoms with Gasteiger partial charge in [-0.1, -0.05) is 0 Å². The van der Waals surface area contributed by atoms with Gasteiger partial charge in [-0.15, -0.1) is 0 Å². The maximum Gasteiger partial charge on any atom is 0.230 e. The fraction of sp³-hybridized carbons (Fsp3) is 0.529. The van der Waals surface area contributed by atoms with Gasteiger partial charge in [-0.2, -0.15) is 0 Å². The van der Waals surface area contributed by atoms with E-state index < -0.39 is 0 Å². The van der Waals surface area contributed by atoms with Crippen LogP contribution in [0.1, 0.15) is 27.3 Å². The lowest BCUT2D eigenvalue weighted by molar-refractivity contribution is 0.0942. The van der Waals surface area contributed by atoms with Gasteiger partial charge in [0.15, 0.2) is 0 Å². The number of nitrogens with zero attached hydrogens (tertiary/aromatic N) is 5. The second-order valence-electron chi connectivity index (χ2n) is 6.86. The summed E-state index contributed by atoms with van der Waals surface area (Å²) in [4.78, 5) is 40.5. The van der Waals surface area contributed by atoms with Crippen molar-refractivity contribution in [2.45, 2.75) is 6.42 Å². The molecule has 8 heteroatoms. The first-order valence-corrected chi connectivity index (χ1v) is 8.65. The molecule has 4 rings (SSSR count). The lowest BCUT2D eigenvalue weighted by atomic mass is 9.94. The minimum absolute atomic E-state index is 0.135. The molecule has 2 fully saturated rings. The number of carbonyl (C=O) groups excluding carboxylic acids is 2. The van der Waals surface area contributed by atoms with Crippen molar-refractivity contribution in [2.75, 3.05) is 58.7 Å². The molecule has 0 spiro atoms. The third kappa shape index (κ3) is 2.97. The summed E-state index contributed by atoms with van der Waals surface area (Å²) >= 11 is 0. The number of aromatic nitrogens is 2. The third-order valence-electron chi connectivity index (χ3n) is 4.55. The molecule has 1 N–H and O–H groups in total. The smallest absolute Gasteiger partial charge is 0.230 e. The molecule has 0 radical (unpaired) electrons. The summed E-state index contributed by atoms with van der Waals surface area (Å²) in [6.07, 6.45) is 2.28. The van der Waals surface area contributed by atoms with Crippen molar-refractivity contribution >= 4 is 17.4 Å². The number of carbonyl (C=O) groups is 2. The number of hydrogen-bond donors (Lipinski definition) is 1. The molecule has 8 nitrogen and oxygen atoms in total. The van der Waals surface area contributed by atoms with Crippen LogP contribution in [0.4, 0.5) is 5.82 Å². The van der Waals surface area contributed by atoms with Crippen LogP contribution in [0.2, 0.25) is 0 Å². The Morgan fingerprint density at radius 3 is 2.28 bits per heavy atom. The molecule has 1 aromatic heterocycles. The first kappa shape index (κ1) is 16.0. The topological polar surface area (TPSA) is 81.2 Å². The zero-order valence-corrected chi connectivity index (χ0v) is 14.6. The molecule has 0 unspecified atom stereocenters. The molecule has 1 aliphatic carbocycles. The Hall–Kier alpha value is -2.48. The third-order valence-corrected chi connectivity index (χ3v) is 4.55. The van der Waals surface area contributed by atoms with Gasteiger partial charge in [0.1, 0.15) is 29.2 Å². The quantitative estimate of drug-likeness (QED) is 0.550. The van der Waals surface area contributed by atoms with Gasteiger partial charge in [0.25, 0.3) is 0 Å². The van der Waals surface area contributed by atoms with Gasteiger partial charge in [-0.25, -0.2) is 9.97 Å². The van der Waals surface area contributed by atoms with Crippen molar-refractivity contribution in [1.29, 1.82) is 0 Å². The molecule has 0 aromatic carbocycles. The van der Waals surface area contributed by atoms with E-state index in [9.17, 15) is 9.59 Å². The Bertz CT molecular complexity index is 764. The highest BCUT2D eigenvalue weighted by molar-refractivity contribution is 6.27. The predicted molar refractivity (Wildman–Crippen MR) is 92.5 cm³/mol. The molecule has 2 saturated heterocycles. The Morgan fingerprint density at radius 2 is 1.68 bits per heavy atom. The van der Waals surface area contributed by atoms with Crippen LogP contribution in [0, 0.1) is 0 Å². The summed E-state index contributed by atoms with van der Waals surface area (Å²) in [5, 5.41) is 3.21. The fourth-order valence-electron chi connectivity index (χ4n) is 3.09. The monoisotopic (exact) mass is 342 g/mol. The Balaban J connectivity index is 1.65. The Labute approximate surface area is 146 Å². The van der Waals surface area contributed by atoms with Crippen molar-refractivity contribution in [1.82, 2.24) is 24.7 Å². The summed E-state index contributed by atoms with van der Waals surface area (Å²) in [7, 11) is 4.04. The molecule has 132 valence electrons. The number of rotatable bonds is 7. The van der Waals surface area contributed by atoms with Gasteiger partial charge >= 0.3 is 0 Å². The van der Waals surface area contributed by atoms with Crippen LogP contribution in [-0.4, -0.2) is 89.6 Å². The molecule has 0 saturated carbocycles. The van der Waals surface area contributed by atoms with E-state index in [4.69, 9.17) is 0 Å². The molecular weight excluding hydrogens is 320 g/mol.